The molecule has 1 saturated heterocycles. The SMILES string of the molecule is COc1ccc2cc(S(=O)(=O)N[C@H](CC(=O)N[C@H](Cc3ccc(CN4[C@H](C)CCC[C@@H]4C)cc3)C(=O)NCC(C)C)c3ccc4c(c3)OCO4)ccc2c1. The highest BCUT2D eigenvalue weighted by Gasteiger charge is 2.29. The molecular formula is C42H52N4O7S. The Labute approximate surface area is 318 Å². The lowest BCUT2D eigenvalue weighted by molar-refractivity contribution is -0.129. The van der Waals surface area contributed by atoms with Gasteiger partial charge in [0.15, 0.2) is 11.5 Å². The normalized spacial score (nSPS) is 18.3. The van der Waals surface area contributed by atoms with Gasteiger partial charge in [0.05, 0.1) is 18.0 Å². The van der Waals surface area contributed by atoms with Gasteiger partial charge in [-0.05, 0) is 96.5 Å². The van der Waals surface area contributed by atoms with Crippen LogP contribution in [0, 0.1) is 5.92 Å². The van der Waals surface area contributed by atoms with Crippen molar-refractivity contribution in [2.75, 3.05) is 20.4 Å². The summed E-state index contributed by atoms with van der Waals surface area (Å²) in [5.41, 5.74) is 2.62. The summed E-state index contributed by atoms with van der Waals surface area (Å²) in [5.74, 6) is 1.07. The fourth-order valence-electron chi connectivity index (χ4n) is 7.20. The molecule has 0 unspecified atom stereocenters. The minimum absolute atomic E-state index is 0.0438. The van der Waals surface area contributed by atoms with Gasteiger partial charge in [-0.15, -0.1) is 0 Å². The van der Waals surface area contributed by atoms with Gasteiger partial charge < -0.3 is 24.8 Å². The van der Waals surface area contributed by atoms with Crippen molar-refractivity contribution in [3.8, 4) is 17.2 Å². The summed E-state index contributed by atoms with van der Waals surface area (Å²) < 4.78 is 47.0. The van der Waals surface area contributed by atoms with Crippen LogP contribution in [0.5, 0.6) is 17.2 Å². The second kappa shape index (κ2) is 17.2. The minimum atomic E-state index is -4.12. The number of amides is 2. The van der Waals surface area contributed by atoms with Crippen molar-refractivity contribution in [2.24, 2.45) is 5.92 Å². The molecule has 0 radical (unpaired) electrons. The van der Waals surface area contributed by atoms with Crippen molar-refractivity contribution < 1.29 is 32.2 Å². The molecule has 2 amide bonds. The van der Waals surface area contributed by atoms with Gasteiger partial charge >= 0.3 is 0 Å². The first-order chi connectivity index (χ1) is 25.9. The number of carbonyl (C=O) groups is 2. The van der Waals surface area contributed by atoms with E-state index in [9.17, 15) is 18.0 Å². The number of ether oxygens (including phenoxy) is 3. The monoisotopic (exact) mass is 756 g/mol. The lowest BCUT2D eigenvalue weighted by Crippen LogP contribution is -2.49. The molecule has 11 nitrogen and oxygen atoms in total. The van der Waals surface area contributed by atoms with Gasteiger partial charge in [0, 0.05) is 38.0 Å². The Balaban J connectivity index is 1.21. The number of nitrogens with zero attached hydrogens (tertiary/aromatic N) is 1. The molecule has 0 aromatic heterocycles. The molecular weight excluding hydrogens is 705 g/mol. The molecule has 12 heteroatoms. The van der Waals surface area contributed by atoms with Gasteiger partial charge in [-0.25, -0.2) is 13.1 Å². The van der Waals surface area contributed by atoms with E-state index in [0.717, 1.165) is 22.9 Å². The number of carbonyl (C=O) groups excluding carboxylic acids is 2. The molecule has 2 aliphatic heterocycles. The molecule has 0 aliphatic carbocycles. The van der Waals surface area contributed by atoms with Crippen molar-refractivity contribution in [1.29, 1.82) is 0 Å². The van der Waals surface area contributed by atoms with Crippen LogP contribution in [-0.4, -0.2) is 63.7 Å². The second-order valence-corrected chi connectivity index (χ2v) is 16.7. The fraction of sp³-hybridized carbons (Fsp3) is 0.429. The number of likely N-dealkylation sites (tertiary alicyclic amines) is 1. The summed E-state index contributed by atoms with van der Waals surface area (Å²) >= 11 is 0. The van der Waals surface area contributed by atoms with Crippen molar-refractivity contribution in [2.45, 2.75) is 95.4 Å². The predicted molar refractivity (Wildman–Crippen MR) is 209 cm³/mol. The predicted octanol–water partition coefficient (Wildman–Crippen LogP) is 6.25. The first-order valence-corrected chi connectivity index (χ1v) is 20.3. The van der Waals surface area contributed by atoms with Gasteiger partial charge in [0.2, 0.25) is 28.6 Å². The highest BCUT2D eigenvalue weighted by Crippen LogP contribution is 2.35. The number of hydrogen-bond acceptors (Lipinski definition) is 8. The first-order valence-electron chi connectivity index (χ1n) is 18.8. The molecule has 0 bridgehead atoms. The third kappa shape index (κ3) is 9.71. The van der Waals surface area contributed by atoms with E-state index in [-0.39, 0.29) is 36.4 Å². The van der Waals surface area contributed by atoms with E-state index in [1.165, 1.54) is 30.9 Å². The summed E-state index contributed by atoms with van der Waals surface area (Å²) in [7, 11) is -2.55. The van der Waals surface area contributed by atoms with Crippen molar-refractivity contribution in [3.05, 3.63) is 95.6 Å². The lowest BCUT2D eigenvalue weighted by atomic mass is 9.96. The van der Waals surface area contributed by atoms with Gasteiger partial charge in [0.1, 0.15) is 11.8 Å². The van der Waals surface area contributed by atoms with Gasteiger partial charge in [-0.1, -0.05) is 62.7 Å². The standard InChI is InChI=1S/C42H52N4O7S/c1-27(2)24-43-42(48)38(19-30-9-11-31(12-10-30)25-46-28(3)7-6-8-29(46)4)44-41(47)23-37(34-15-18-39-40(22-34)53-26-52-39)45-54(49,50)36-17-14-32-20-35(51-5)16-13-33(32)21-36/h9-18,20-22,27-29,37-38,45H,6-8,19,23-26H2,1-5H3,(H,43,48)(H,44,47)/t28-,29+,37-,38-/m1/s1. The Morgan fingerprint density at radius 1 is 0.870 bits per heavy atom. The largest absolute Gasteiger partial charge is 0.497 e. The van der Waals surface area contributed by atoms with Crippen LogP contribution < -0.4 is 29.6 Å². The number of rotatable bonds is 15. The fourth-order valence-corrected chi connectivity index (χ4v) is 8.46. The first kappa shape index (κ1) is 39.1. The van der Waals surface area contributed by atoms with Gasteiger partial charge in [0.25, 0.3) is 0 Å². The molecule has 6 rings (SSSR count). The maximum atomic E-state index is 13.9. The number of benzene rings is 4. The molecule has 4 aromatic carbocycles. The number of piperidine rings is 1. The maximum absolute atomic E-state index is 13.9. The molecule has 54 heavy (non-hydrogen) atoms. The number of nitrogens with one attached hydrogen (secondary N) is 3. The van der Waals surface area contributed by atoms with Gasteiger partial charge in [-0.3, -0.25) is 14.5 Å². The van der Waals surface area contributed by atoms with Crippen molar-refractivity contribution in [3.63, 3.8) is 0 Å². The van der Waals surface area contributed by atoms with Crippen LogP contribution in [-0.2, 0) is 32.6 Å². The average Bonchev–Trinajstić information content (AvgIpc) is 3.63. The zero-order chi connectivity index (χ0) is 38.4. The molecule has 4 aromatic rings. The Kier molecular flexibility index (Phi) is 12.5. The Morgan fingerprint density at radius 2 is 1.56 bits per heavy atom. The third-order valence-corrected chi connectivity index (χ3v) is 11.8. The van der Waals surface area contributed by atoms with Crippen LogP contribution in [0.15, 0.2) is 83.8 Å². The smallest absolute Gasteiger partial charge is 0.242 e. The second-order valence-electron chi connectivity index (χ2n) is 14.9. The van der Waals surface area contributed by atoms with Crippen LogP contribution in [0.25, 0.3) is 10.8 Å². The molecule has 1 fully saturated rings. The summed E-state index contributed by atoms with van der Waals surface area (Å²) in [6.07, 6.45) is 3.66. The maximum Gasteiger partial charge on any atom is 0.242 e. The molecule has 288 valence electrons. The Hall–Kier alpha value is -4.65. The number of sulfonamides is 1. The lowest BCUT2D eigenvalue weighted by Gasteiger charge is -2.39. The highest BCUT2D eigenvalue weighted by atomic mass is 32.2. The minimum Gasteiger partial charge on any atom is -0.497 e. The molecule has 2 heterocycles. The zero-order valence-corrected chi connectivity index (χ0v) is 32.6. The zero-order valence-electron chi connectivity index (χ0n) is 31.8. The summed E-state index contributed by atoms with van der Waals surface area (Å²) in [6, 6.07) is 22.7. The Bertz CT molecular complexity index is 2040. The van der Waals surface area contributed by atoms with E-state index in [0.29, 0.717) is 41.4 Å². The molecule has 0 saturated carbocycles. The van der Waals surface area contributed by atoms with E-state index in [2.05, 4.69) is 46.2 Å². The third-order valence-electron chi connectivity index (χ3n) is 10.4. The molecule has 3 N–H and O–H groups in total. The van der Waals surface area contributed by atoms with Crippen LogP contribution in [0.4, 0.5) is 0 Å². The number of fused-ring (bicyclic) bond motifs is 2. The molecule has 2 aliphatic rings. The van der Waals surface area contributed by atoms with E-state index in [1.54, 1.807) is 49.6 Å². The van der Waals surface area contributed by atoms with Crippen molar-refractivity contribution in [1.82, 2.24) is 20.3 Å². The van der Waals surface area contributed by atoms with E-state index in [1.807, 2.05) is 32.0 Å². The quantitative estimate of drug-likeness (QED) is 0.130. The summed E-state index contributed by atoms with van der Waals surface area (Å²) in [4.78, 5) is 30.0. The summed E-state index contributed by atoms with van der Waals surface area (Å²) in [6.45, 7) is 9.95. The average molecular weight is 757 g/mol. The molecule has 4 atom stereocenters. The highest BCUT2D eigenvalue weighted by molar-refractivity contribution is 7.89. The van der Waals surface area contributed by atoms with Crippen LogP contribution in [0.2, 0.25) is 0 Å². The van der Waals surface area contributed by atoms with Crippen LogP contribution in [0.1, 0.15) is 76.1 Å². The van der Waals surface area contributed by atoms with Crippen molar-refractivity contribution >= 4 is 32.6 Å². The topological polar surface area (TPSA) is 135 Å². The van der Waals surface area contributed by atoms with E-state index >= 15 is 0 Å². The number of methoxy groups -OCH3 is 1. The number of hydrogen-bond donors (Lipinski definition) is 3. The van der Waals surface area contributed by atoms with Gasteiger partial charge in [-0.2, -0.15) is 0 Å². The van der Waals surface area contributed by atoms with Crippen LogP contribution in [0.3, 0.4) is 0 Å². The van der Waals surface area contributed by atoms with E-state index < -0.39 is 28.0 Å². The Morgan fingerprint density at radius 3 is 2.28 bits per heavy atom. The van der Waals surface area contributed by atoms with E-state index in [4.69, 9.17) is 14.2 Å². The molecule has 0 spiro atoms. The van der Waals surface area contributed by atoms with Crippen LogP contribution >= 0.6 is 0 Å². The summed E-state index contributed by atoms with van der Waals surface area (Å²) in [5, 5.41) is 7.44.